The fourth-order valence-corrected chi connectivity index (χ4v) is 3.02. The van der Waals surface area contributed by atoms with E-state index in [1.165, 1.54) is 6.92 Å². The van der Waals surface area contributed by atoms with Crippen molar-refractivity contribution in [2.24, 2.45) is 0 Å². The molecule has 1 atom stereocenters. The first-order chi connectivity index (χ1) is 9.69. The highest BCUT2D eigenvalue weighted by Gasteiger charge is 2.21. The molecule has 21 heavy (non-hydrogen) atoms. The first-order valence-electron chi connectivity index (χ1n) is 6.40. The van der Waals surface area contributed by atoms with Crippen LogP contribution < -0.4 is 4.72 Å². The summed E-state index contributed by atoms with van der Waals surface area (Å²) in [7, 11) is -4.04. The molecule has 3 N–H and O–H groups in total. The first kappa shape index (κ1) is 17.5. The Kier molecular flexibility index (Phi) is 5.82. The van der Waals surface area contributed by atoms with Crippen molar-refractivity contribution in [2.45, 2.75) is 37.7 Å². The highest BCUT2D eigenvalue weighted by molar-refractivity contribution is 7.89. The summed E-state index contributed by atoms with van der Waals surface area (Å²) >= 11 is 0. The fourth-order valence-electron chi connectivity index (χ4n) is 1.70. The van der Waals surface area contributed by atoms with Gasteiger partial charge in [0.1, 0.15) is 5.82 Å². The van der Waals surface area contributed by atoms with Gasteiger partial charge < -0.3 is 10.2 Å². The molecule has 6 nitrogen and oxygen atoms in total. The van der Waals surface area contributed by atoms with Crippen LogP contribution >= 0.6 is 0 Å². The summed E-state index contributed by atoms with van der Waals surface area (Å²) in [6, 6.07) is 1.69. The third kappa shape index (κ3) is 4.48. The van der Waals surface area contributed by atoms with Crippen molar-refractivity contribution in [3.63, 3.8) is 0 Å². The number of aromatic carboxylic acids is 1. The molecule has 1 unspecified atom stereocenters. The molecule has 0 spiro atoms. The zero-order valence-electron chi connectivity index (χ0n) is 11.8. The molecule has 0 aliphatic heterocycles. The van der Waals surface area contributed by atoms with Crippen molar-refractivity contribution in [1.29, 1.82) is 0 Å². The van der Waals surface area contributed by atoms with Crippen molar-refractivity contribution >= 4 is 16.0 Å². The number of rotatable bonds is 7. The SMILES string of the molecule is CCC(O)CCNS(=O)(=O)c1cc(C(=O)O)cc(F)c1C. The van der Waals surface area contributed by atoms with Crippen LogP contribution in [0.25, 0.3) is 0 Å². The third-order valence-corrected chi connectivity index (χ3v) is 4.66. The van der Waals surface area contributed by atoms with E-state index < -0.39 is 38.4 Å². The molecule has 0 aromatic heterocycles. The average molecular weight is 319 g/mol. The number of carbonyl (C=O) groups is 1. The number of halogens is 1. The molecule has 0 aliphatic rings. The number of carboxylic acid groups (broad SMARTS) is 1. The summed E-state index contributed by atoms with van der Waals surface area (Å²) in [4.78, 5) is 10.5. The van der Waals surface area contributed by atoms with Crippen LogP contribution in [-0.4, -0.2) is 37.2 Å². The number of nitrogens with one attached hydrogen (secondary N) is 1. The second-order valence-electron chi connectivity index (χ2n) is 4.63. The van der Waals surface area contributed by atoms with Gasteiger partial charge in [0.05, 0.1) is 16.6 Å². The first-order valence-corrected chi connectivity index (χ1v) is 7.88. The van der Waals surface area contributed by atoms with Crippen molar-refractivity contribution in [1.82, 2.24) is 4.72 Å². The molecule has 118 valence electrons. The molecule has 1 rings (SSSR count). The smallest absolute Gasteiger partial charge is 0.335 e. The summed E-state index contributed by atoms with van der Waals surface area (Å²) < 4.78 is 40.1. The number of hydrogen-bond acceptors (Lipinski definition) is 4. The summed E-state index contributed by atoms with van der Waals surface area (Å²) in [5.74, 6) is -2.31. The highest BCUT2D eigenvalue weighted by atomic mass is 32.2. The van der Waals surface area contributed by atoms with Gasteiger partial charge in [0, 0.05) is 12.1 Å². The van der Waals surface area contributed by atoms with Gasteiger partial charge in [-0.15, -0.1) is 0 Å². The molecule has 0 fully saturated rings. The van der Waals surface area contributed by atoms with Crippen LogP contribution in [0.4, 0.5) is 4.39 Å². The molecule has 0 saturated carbocycles. The van der Waals surface area contributed by atoms with Gasteiger partial charge in [-0.05, 0) is 31.9 Å². The predicted molar refractivity (Wildman–Crippen MR) is 74.2 cm³/mol. The quantitative estimate of drug-likeness (QED) is 0.702. The van der Waals surface area contributed by atoms with Gasteiger partial charge in [-0.3, -0.25) is 0 Å². The largest absolute Gasteiger partial charge is 0.478 e. The maximum atomic E-state index is 13.6. The van der Waals surface area contributed by atoms with E-state index in [4.69, 9.17) is 5.11 Å². The Morgan fingerprint density at radius 2 is 2.05 bits per heavy atom. The van der Waals surface area contributed by atoms with Crippen LogP contribution in [0.2, 0.25) is 0 Å². The normalized spacial score (nSPS) is 13.1. The number of benzene rings is 1. The molecule has 0 aliphatic carbocycles. The Bertz CT molecular complexity index is 630. The molecule has 0 amide bonds. The van der Waals surface area contributed by atoms with Crippen LogP contribution in [-0.2, 0) is 10.0 Å². The summed E-state index contributed by atoms with van der Waals surface area (Å²) in [5.41, 5.74) is -0.587. The lowest BCUT2D eigenvalue weighted by Crippen LogP contribution is -2.28. The fraction of sp³-hybridized carbons (Fsp3) is 0.462. The molecule has 0 heterocycles. The number of hydrogen-bond donors (Lipinski definition) is 3. The molecular formula is C13H18FNO5S. The number of sulfonamides is 1. The monoisotopic (exact) mass is 319 g/mol. The van der Waals surface area contributed by atoms with Crippen molar-refractivity contribution < 1.29 is 27.8 Å². The maximum absolute atomic E-state index is 13.6. The number of aliphatic hydroxyl groups excluding tert-OH is 1. The Balaban J connectivity index is 3.05. The maximum Gasteiger partial charge on any atom is 0.335 e. The van der Waals surface area contributed by atoms with Gasteiger partial charge >= 0.3 is 5.97 Å². The van der Waals surface area contributed by atoms with Crippen LogP contribution in [0.3, 0.4) is 0 Å². The standard InChI is InChI=1S/C13H18FNO5S/c1-3-10(16)4-5-15-21(19,20)12-7-9(13(17)18)6-11(14)8(12)2/h6-7,10,15-16H,3-5H2,1-2H3,(H,17,18). The van der Waals surface area contributed by atoms with Gasteiger partial charge in [0.15, 0.2) is 0 Å². The van der Waals surface area contributed by atoms with E-state index in [2.05, 4.69) is 4.72 Å². The summed E-state index contributed by atoms with van der Waals surface area (Å²) in [6.45, 7) is 3.00. The third-order valence-electron chi connectivity index (χ3n) is 3.07. The lowest BCUT2D eigenvalue weighted by molar-refractivity contribution is 0.0696. The number of aliphatic hydroxyl groups is 1. The minimum absolute atomic E-state index is 0.0182. The van der Waals surface area contributed by atoms with Gasteiger partial charge in [0.25, 0.3) is 0 Å². The van der Waals surface area contributed by atoms with Crippen molar-refractivity contribution in [3.8, 4) is 0 Å². The average Bonchev–Trinajstić information content (AvgIpc) is 2.40. The van der Waals surface area contributed by atoms with Gasteiger partial charge in [-0.25, -0.2) is 22.3 Å². The molecule has 0 saturated heterocycles. The van der Waals surface area contributed by atoms with E-state index in [9.17, 15) is 22.7 Å². The van der Waals surface area contributed by atoms with E-state index in [-0.39, 0.29) is 18.5 Å². The van der Waals surface area contributed by atoms with Gasteiger partial charge in [-0.1, -0.05) is 6.92 Å². The summed E-state index contributed by atoms with van der Waals surface area (Å²) in [5, 5.41) is 18.2. The van der Waals surface area contributed by atoms with Crippen LogP contribution in [0.1, 0.15) is 35.7 Å². The van der Waals surface area contributed by atoms with Crippen molar-refractivity contribution in [3.05, 3.63) is 29.1 Å². The zero-order valence-corrected chi connectivity index (χ0v) is 12.6. The van der Waals surface area contributed by atoms with E-state index in [1.807, 2.05) is 0 Å². The van der Waals surface area contributed by atoms with E-state index in [1.54, 1.807) is 6.92 Å². The van der Waals surface area contributed by atoms with Gasteiger partial charge in [-0.2, -0.15) is 0 Å². The highest BCUT2D eigenvalue weighted by Crippen LogP contribution is 2.20. The Hall–Kier alpha value is -1.51. The molecule has 0 bridgehead atoms. The lowest BCUT2D eigenvalue weighted by atomic mass is 10.1. The zero-order chi connectivity index (χ0) is 16.2. The van der Waals surface area contributed by atoms with Gasteiger partial charge in [0.2, 0.25) is 10.0 Å². The van der Waals surface area contributed by atoms with E-state index in [0.29, 0.717) is 6.42 Å². The molecular weight excluding hydrogens is 301 g/mol. The summed E-state index contributed by atoms with van der Waals surface area (Å²) in [6.07, 6.45) is 0.0793. The predicted octanol–water partition coefficient (Wildman–Crippen LogP) is 1.27. The van der Waals surface area contributed by atoms with Crippen LogP contribution in [0, 0.1) is 12.7 Å². The van der Waals surface area contributed by atoms with Crippen molar-refractivity contribution in [2.75, 3.05) is 6.54 Å². The Labute approximate surface area is 122 Å². The topological polar surface area (TPSA) is 104 Å². The second kappa shape index (κ2) is 6.97. The minimum atomic E-state index is -4.04. The molecule has 1 aromatic carbocycles. The number of carboxylic acids is 1. The Morgan fingerprint density at radius 1 is 1.43 bits per heavy atom. The van der Waals surface area contributed by atoms with E-state index >= 15 is 0 Å². The van der Waals surface area contributed by atoms with Crippen LogP contribution in [0.15, 0.2) is 17.0 Å². The molecule has 1 aromatic rings. The second-order valence-corrected chi connectivity index (χ2v) is 6.37. The van der Waals surface area contributed by atoms with E-state index in [0.717, 1.165) is 12.1 Å². The van der Waals surface area contributed by atoms with Crippen LogP contribution in [0.5, 0.6) is 0 Å². The lowest BCUT2D eigenvalue weighted by Gasteiger charge is -2.12. The minimum Gasteiger partial charge on any atom is -0.478 e. The Morgan fingerprint density at radius 3 is 2.57 bits per heavy atom. The molecule has 0 radical (unpaired) electrons. The molecule has 8 heteroatoms.